The average Bonchev–Trinajstić information content (AvgIpc) is 3.47. The van der Waals surface area contributed by atoms with Crippen molar-refractivity contribution in [1.82, 2.24) is 4.90 Å². The molecule has 0 amide bonds. The van der Waals surface area contributed by atoms with Gasteiger partial charge in [0.05, 0.1) is 0 Å². The van der Waals surface area contributed by atoms with E-state index in [-0.39, 0.29) is 5.82 Å². The van der Waals surface area contributed by atoms with Crippen LogP contribution in [0.15, 0.2) is 29.3 Å². The van der Waals surface area contributed by atoms with Crippen LogP contribution in [0.3, 0.4) is 0 Å². The molecule has 0 bridgehead atoms. The summed E-state index contributed by atoms with van der Waals surface area (Å²) in [4.78, 5) is 9.08. The second kappa shape index (κ2) is 6.02. The van der Waals surface area contributed by atoms with Crippen molar-refractivity contribution in [2.75, 3.05) is 37.6 Å². The first-order valence-corrected chi connectivity index (χ1v) is 8.76. The van der Waals surface area contributed by atoms with Gasteiger partial charge >= 0.3 is 0 Å². The van der Waals surface area contributed by atoms with E-state index in [2.05, 4.69) is 14.8 Å². The summed E-state index contributed by atoms with van der Waals surface area (Å²) in [6, 6.07) is 6.72. The Bertz CT molecular complexity index is 573. The van der Waals surface area contributed by atoms with Crippen LogP contribution in [-0.4, -0.2) is 43.6 Å². The third-order valence-electron chi connectivity index (χ3n) is 5.49. The monoisotopic (exact) mass is 316 g/mol. The Balaban J connectivity index is 1.26. The summed E-state index contributed by atoms with van der Waals surface area (Å²) in [5.41, 5.74) is 7.25. The third-order valence-corrected chi connectivity index (χ3v) is 5.49. The normalized spacial score (nSPS) is 28.1. The average molecular weight is 316 g/mol. The molecule has 0 radical (unpaired) electrons. The number of nitrogens with zero attached hydrogens (tertiary/aromatic N) is 3. The highest BCUT2D eigenvalue weighted by Crippen LogP contribution is 2.54. The summed E-state index contributed by atoms with van der Waals surface area (Å²) in [6.45, 7) is 4.46. The van der Waals surface area contributed by atoms with Crippen molar-refractivity contribution in [3.8, 4) is 0 Å². The number of nitrogens with two attached hydrogens (primary N) is 1. The molecular weight excluding hydrogens is 291 g/mol. The number of guanidine groups is 1. The molecule has 0 aromatic heterocycles. The van der Waals surface area contributed by atoms with E-state index in [1.807, 2.05) is 12.1 Å². The molecule has 2 atom stereocenters. The van der Waals surface area contributed by atoms with Crippen molar-refractivity contribution < 1.29 is 4.39 Å². The van der Waals surface area contributed by atoms with Crippen LogP contribution in [0.5, 0.6) is 0 Å². The van der Waals surface area contributed by atoms with Gasteiger partial charge in [0.15, 0.2) is 5.96 Å². The summed E-state index contributed by atoms with van der Waals surface area (Å²) < 4.78 is 13.0. The zero-order chi connectivity index (χ0) is 15.8. The number of piperazine rings is 1. The van der Waals surface area contributed by atoms with Gasteiger partial charge in [0.2, 0.25) is 0 Å². The Morgan fingerprint density at radius 2 is 1.83 bits per heavy atom. The van der Waals surface area contributed by atoms with Gasteiger partial charge < -0.3 is 15.5 Å². The maximum Gasteiger partial charge on any atom is 0.191 e. The predicted octanol–water partition coefficient (Wildman–Crippen LogP) is 2.31. The van der Waals surface area contributed by atoms with Gasteiger partial charge in [-0.1, -0.05) is 0 Å². The molecular formula is C18H25FN4. The number of hydrogen-bond donors (Lipinski definition) is 1. The van der Waals surface area contributed by atoms with Crippen molar-refractivity contribution in [1.29, 1.82) is 0 Å². The summed E-state index contributed by atoms with van der Waals surface area (Å²) in [6.07, 6.45) is 4.23. The Labute approximate surface area is 137 Å². The van der Waals surface area contributed by atoms with Crippen molar-refractivity contribution in [3.63, 3.8) is 0 Å². The van der Waals surface area contributed by atoms with E-state index in [1.54, 1.807) is 0 Å². The van der Waals surface area contributed by atoms with Crippen molar-refractivity contribution in [3.05, 3.63) is 30.1 Å². The molecule has 0 spiro atoms. The van der Waals surface area contributed by atoms with Crippen molar-refractivity contribution >= 4 is 11.6 Å². The smallest absolute Gasteiger partial charge is 0.191 e. The topological polar surface area (TPSA) is 44.9 Å². The standard InChI is InChI=1S/C18H25FN4/c19-15-3-5-16(6-4-15)22-7-9-23(10-8-22)18(20)21-12-14-11-17(14)13-1-2-13/h3-6,13-14,17H,1-2,7-12H2,(H2,20,21)/t14-,17-/m0/s1. The minimum atomic E-state index is -0.187. The lowest BCUT2D eigenvalue weighted by molar-refractivity contribution is 0.380. The number of benzene rings is 1. The molecule has 1 heterocycles. The first-order chi connectivity index (χ1) is 11.2. The summed E-state index contributed by atoms with van der Waals surface area (Å²) >= 11 is 0. The molecule has 23 heavy (non-hydrogen) atoms. The van der Waals surface area contributed by atoms with Gasteiger partial charge in [0, 0.05) is 38.4 Å². The van der Waals surface area contributed by atoms with Gasteiger partial charge in [-0.2, -0.15) is 0 Å². The van der Waals surface area contributed by atoms with Crippen molar-refractivity contribution in [2.45, 2.75) is 19.3 Å². The first-order valence-electron chi connectivity index (χ1n) is 8.76. The molecule has 1 aromatic rings. The number of aliphatic imine (C=N–C) groups is 1. The fourth-order valence-corrected chi connectivity index (χ4v) is 3.74. The van der Waals surface area contributed by atoms with Gasteiger partial charge in [-0.3, -0.25) is 4.99 Å². The van der Waals surface area contributed by atoms with E-state index in [9.17, 15) is 4.39 Å². The second-order valence-electron chi connectivity index (χ2n) is 7.15. The maximum absolute atomic E-state index is 13.0. The van der Waals surface area contributed by atoms with Crippen LogP contribution < -0.4 is 10.6 Å². The van der Waals surface area contributed by atoms with Crippen LogP contribution >= 0.6 is 0 Å². The lowest BCUT2D eigenvalue weighted by Crippen LogP contribution is -2.51. The number of anilines is 1. The highest BCUT2D eigenvalue weighted by molar-refractivity contribution is 5.78. The van der Waals surface area contributed by atoms with Crippen LogP contribution in [0.4, 0.5) is 10.1 Å². The summed E-state index contributed by atoms with van der Waals surface area (Å²) in [7, 11) is 0. The lowest BCUT2D eigenvalue weighted by Gasteiger charge is -2.36. The van der Waals surface area contributed by atoms with Gasteiger partial charge in [-0.25, -0.2) is 4.39 Å². The molecule has 1 aromatic carbocycles. The van der Waals surface area contributed by atoms with Gasteiger partial charge in [-0.05, 0) is 61.3 Å². The Morgan fingerprint density at radius 3 is 2.48 bits per heavy atom. The predicted molar refractivity (Wildman–Crippen MR) is 91.0 cm³/mol. The maximum atomic E-state index is 13.0. The Morgan fingerprint density at radius 1 is 1.13 bits per heavy atom. The molecule has 4 rings (SSSR count). The zero-order valence-corrected chi connectivity index (χ0v) is 13.5. The molecule has 124 valence electrons. The third kappa shape index (κ3) is 3.43. The molecule has 2 N–H and O–H groups in total. The molecule has 1 aliphatic heterocycles. The Kier molecular flexibility index (Phi) is 3.87. The first kappa shape index (κ1) is 14.8. The van der Waals surface area contributed by atoms with Crippen LogP contribution in [0.1, 0.15) is 19.3 Å². The number of rotatable bonds is 4. The number of hydrogen-bond acceptors (Lipinski definition) is 2. The highest BCUT2D eigenvalue weighted by Gasteiger charge is 2.46. The molecule has 5 heteroatoms. The van der Waals surface area contributed by atoms with Crippen LogP contribution in [-0.2, 0) is 0 Å². The zero-order valence-electron chi connectivity index (χ0n) is 13.5. The summed E-state index contributed by atoms with van der Waals surface area (Å²) in [5.74, 6) is 3.26. The van der Waals surface area contributed by atoms with Gasteiger partial charge in [0.1, 0.15) is 5.82 Å². The molecule has 1 saturated heterocycles. The minimum Gasteiger partial charge on any atom is -0.370 e. The van der Waals surface area contributed by atoms with Crippen molar-refractivity contribution in [2.24, 2.45) is 28.5 Å². The molecule has 2 saturated carbocycles. The van der Waals surface area contributed by atoms with Crippen LogP contribution in [0.25, 0.3) is 0 Å². The lowest BCUT2D eigenvalue weighted by atomic mass is 10.2. The molecule has 0 unspecified atom stereocenters. The largest absolute Gasteiger partial charge is 0.370 e. The fourth-order valence-electron chi connectivity index (χ4n) is 3.74. The minimum absolute atomic E-state index is 0.187. The molecule has 4 nitrogen and oxygen atoms in total. The van der Waals surface area contributed by atoms with Gasteiger partial charge in [-0.15, -0.1) is 0 Å². The second-order valence-corrected chi connectivity index (χ2v) is 7.15. The van der Waals surface area contributed by atoms with E-state index in [0.717, 1.165) is 56.2 Å². The highest BCUT2D eigenvalue weighted by atomic mass is 19.1. The van der Waals surface area contributed by atoms with Crippen LogP contribution in [0.2, 0.25) is 0 Å². The van der Waals surface area contributed by atoms with Crippen LogP contribution in [0, 0.1) is 23.6 Å². The fraction of sp³-hybridized carbons (Fsp3) is 0.611. The summed E-state index contributed by atoms with van der Waals surface area (Å²) in [5, 5.41) is 0. The quantitative estimate of drug-likeness (QED) is 0.685. The molecule has 2 aliphatic carbocycles. The van der Waals surface area contributed by atoms with E-state index in [0.29, 0.717) is 5.96 Å². The van der Waals surface area contributed by atoms with Gasteiger partial charge in [0.25, 0.3) is 0 Å². The van der Waals surface area contributed by atoms with E-state index in [1.165, 1.54) is 31.4 Å². The number of halogens is 1. The Hall–Kier alpha value is -1.78. The SMILES string of the molecule is NC(=NC[C@@H]1C[C@H]1C1CC1)N1CCN(c2ccc(F)cc2)CC1. The van der Waals surface area contributed by atoms with E-state index >= 15 is 0 Å². The molecule has 3 aliphatic rings. The van der Waals surface area contributed by atoms with E-state index < -0.39 is 0 Å². The van der Waals surface area contributed by atoms with E-state index in [4.69, 9.17) is 5.73 Å². The molecule has 3 fully saturated rings.